The molecule has 0 unspecified atom stereocenters. The molecule has 0 aromatic heterocycles. The zero-order chi connectivity index (χ0) is 14.4. The van der Waals surface area contributed by atoms with Crippen LogP contribution < -0.4 is 11.3 Å². The second kappa shape index (κ2) is 7.45. The Morgan fingerprint density at radius 2 is 1.95 bits per heavy atom. The Balaban J connectivity index is 2.34. The van der Waals surface area contributed by atoms with Crippen LogP contribution in [0.3, 0.4) is 0 Å². The number of hydrogen-bond acceptors (Lipinski definition) is 4. The van der Waals surface area contributed by atoms with Gasteiger partial charge in [0.25, 0.3) is 0 Å². The number of hydrazine groups is 1. The van der Waals surface area contributed by atoms with Gasteiger partial charge in [0.15, 0.2) is 0 Å². The maximum Gasteiger partial charge on any atom is 0.237 e. The first-order valence-electron chi connectivity index (χ1n) is 6.90. The molecule has 0 atom stereocenters. The number of nitrogens with two attached hydrogens (primary N) is 1. The zero-order valence-electron chi connectivity index (χ0n) is 12.2. The third-order valence-electron chi connectivity index (χ3n) is 3.44. The van der Waals surface area contributed by atoms with Crippen molar-refractivity contribution in [3.05, 3.63) is 0 Å². The molecule has 0 aliphatic carbocycles. The second-order valence-corrected chi connectivity index (χ2v) is 5.75. The van der Waals surface area contributed by atoms with Crippen LogP contribution in [0.4, 0.5) is 0 Å². The summed E-state index contributed by atoms with van der Waals surface area (Å²) in [4.78, 5) is 27.4. The van der Waals surface area contributed by atoms with E-state index >= 15 is 0 Å². The Hall–Kier alpha value is -1.14. The minimum atomic E-state index is -0.121. The molecule has 1 aliphatic heterocycles. The van der Waals surface area contributed by atoms with Gasteiger partial charge in [-0.2, -0.15) is 0 Å². The van der Waals surface area contributed by atoms with Gasteiger partial charge in [-0.3, -0.25) is 19.9 Å². The quantitative estimate of drug-likeness (QED) is 0.412. The van der Waals surface area contributed by atoms with Gasteiger partial charge >= 0.3 is 0 Å². The summed E-state index contributed by atoms with van der Waals surface area (Å²) in [5.41, 5.74) is 2.18. The number of nitrogens with zero attached hydrogens (tertiary/aromatic N) is 2. The molecule has 6 nitrogen and oxygen atoms in total. The van der Waals surface area contributed by atoms with Crippen LogP contribution in [0, 0.1) is 11.8 Å². The first kappa shape index (κ1) is 15.9. The standard InChI is InChI=1S/C13H26N4O2/c1-10(2)8-16(3)9-12(18)17-6-4-11(5-7-17)13(19)15-14/h10-11H,4-9,14H2,1-3H3,(H,15,19). The molecule has 0 aromatic rings. The van der Waals surface area contributed by atoms with Crippen LogP contribution in [0.2, 0.25) is 0 Å². The summed E-state index contributed by atoms with van der Waals surface area (Å²) >= 11 is 0. The molecule has 2 amide bonds. The molecule has 3 N–H and O–H groups in total. The lowest BCUT2D eigenvalue weighted by Crippen LogP contribution is -2.47. The molecule has 0 spiro atoms. The van der Waals surface area contributed by atoms with Gasteiger partial charge < -0.3 is 4.90 Å². The topological polar surface area (TPSA) is 78.7 Å². The number of piperidine rings is 1. The summed E-state index contributed by atoms with van der Waals surface area (Å²) in [5, 5.41) is 0. The summed E-state index contributed by atoms with van der Waals surface area (Å²) in [5.74, 6) is 5.65. The zero-order valence-corrected chi connectivity index (χ0v) is 12.2. The van der Waals surface area contributed by atoms with Crippen LogP contribution in [0.15, 0.2) is 0 Å². The Morgan fingerprint density at radius 3 is 2.42 bits per heavy atom. The third kappa shape index (κ3) is 5.16. The van der Waals surface area contributed by atoms with E-state index in [2.05, 4.69) is 19.3 Å². The third-order valence-corrected chi connectivity index (χ3v) is 3.44. The van der Waals surface area contributed by atoms with Crippen LogP contribution in [-0.2, 0) is 9.59 Å². The van der Waals surface area contributed by atoms with Gasteiger partial charge in [0.05, 0.1) is 6.54 Å². The maximum atomic E-state index is 12.1. The summed E-state index contributed by atoms with van der Waals surface area (Å²) in [7, 11) is 1.96. The highest BCUT2D eigenvalue weighted by Gasteiger charge is 2.27. The van der Waals surface area contributed by atoms with Gasteiger partial charge in [-0.25, -0.2) is 5.84 Å². The first-order valence-corrected chi connectivity index (χ1v) is 6.90. The molecular formula is C13H26N4O2. The molecule has 0 radical (unpaired) electrons. The van der Waals surface area contributed by atoms with E-state index in [9.17, 15) is 9.59 Å². The van der Waals surface area contributed by atoms with E-state index in [4.69, 9.17) is 5.84 Å². The van der Waals surface area contributed by atoms with Crippen molar-refractivity contribution in [2.75, 3.05) is 33.2 Å². The van der Waals surface area contributed by atoms with E-state index in [1.807, 2.05) is 16.8 Å². The molecule has 0 saturated carbocycles. The first-order chi connectivity index (χ1) is 8.93. The van der Waals surface area contributed by atoms with Gasteiger partial charge in [-0.1, -0.05) is 13.8 Å². The smallest absolute Gasteiger partial charge is 0.237 e. The molecule has 1 aliphatic rings. The van der Waals surface area contributed by atoms with E-state index in [1.165, 1.54) is 0 Å². The molecule has 1 saturated heterocycles. The van der Waals surface area contributed by atoms with Crippen molar-refractivity contribution in [1.82, 2.24) is 15.2 Å². The fourth-order valence-electron chi connectivity index (χ4n) is 2.53. The second-order valence-electron chi connectivity index (χ2n) is 5.75. The predicted octanol–water partition coefficient (Wildman–Crippen LogP) is -0.197. The van der Waals surface area contributed by atoms with E-state index < -0.39 is 0 Å². The number of likely N-dealkylation sites (tertiary alicyclic amines) is 1. The van der Waals surface area contributed by atoms with Crippen molar-refractivity contribution in [2.45, 2.75) is 26.7 Å². The van der Waals surface area contributed by atoms with Crippen LogP contribution in [0.25, 0.3) is 0 Å². The molecule has 1 heterocycles. The maximum absolute atomic E-state index is 12.1. The van der Waals surface area contributed by atoms with E-state index in [1.54, 1.807) is 0 Å². The lowest BCUT2D eigenvalue weighted by Gasteiger charge is -2.32. The number of hydrogen-bond donors (Lipinski definition) is 2. The number of carbonyl (C=O) groups is 2. The van der Waals surface area contributed by atoms with Crippen LogP contribution in [-0.4, -0.2) is 54.8 Å². The fraction of sp³-hybridized carbons (Fsp3) is 0.846. The normalized spacial score (nSPS) is 17.1. The minimum Gasteiger partial charge on any atom is -0.342 e. The molecule has 1 rings (SSSR count). The number of carbonyl (C=O) groups excluding carboxylic acids is 2. The number of nitrogens with one attached hydrogen (secondary N) is 1. The summed E-state index contributed by atoms with van der Waals surface area (Å²) < 4.78 is 0. The van der Waals surface area contributed by atoms with Crippen molar-refractivity contribution in [3.8, 4) is 0 Å². The van der Waals surface area contributed by atoms with Crippen molar-refractivity contribution in [3.63, 3.8) is 0 Å². The molecule has 6 heteroatoms. The highest BCUT2D eigenvalue weighted by Crippen LogP contribution is 2.17. The lowest BCUT2D eigenvalue weighted by atomic mass is 9.96. The highest BCUT2D eigenvalue weighted by atomic mass is 16.2. The van der Waals surface area contributed by atoms with Crippen LogP contribution >= 0.6 is 0 Å². The van der Waals surface area contributed by atoms with Crippen molar-refractivity contribution >= 4 is 11.8 Å². The molecule has 0 aromatic carbocycles. The van der Waals surface area contributed by atoms with E-state index in [0.29, 0.717) is 38.4 Å². The largest absolute Gasteiger partial charge is 0.342 e. The molecule has 110 valence electrons. The Bertz CT molecular complexity index is 312. The summed E-state index contributed by atoms with van der Waals surface area (Å²) in [6.07, 6.45) is 1.39. The van der Waals surface area contributed by atoms with Crippen molar-refractivity contribution in [1.29, 1.82) is 0 Å². The SMILES string of the molecule is CC(C)CN(C)CC(=O)N1CCC(C(=O)NN)CC1. The van der Waals surface area contributed by atoms with Crippen molar-refractivity contribution in [2.24, 2.45) is 17.7 Å². The van der Waals surface area contributed by atoms with E-state index in [0.717, 1.165) is 6.54 Å². The summed E-state index contributed by atoms with van der Waals surface area (Å²) in [6, 6.07) is 0. The lowest BCUT2D eigenvalue weighted by molar-refractivity contribution is -0.136. The average Bonchev–Trinajstić information content (AvgIpc) is 2.36. The number of amides is 2. The minimum absolute atomic E-state index is 0.0533. The number of rotatable bonds is 5. The molecule has 0 bridgehead atoms. The average molecular weight is 270 g/mol. The number of likely N-dealkylation sites (N-methyl/N-ethyl adjacent to an activating group) is 1. The molecule has 1 fully saturated rings. The van der Waals surface area contributed by atoms with Crippen molar-refractivity contribution < 1.29 is 9.59 Å². The predicted molar refractivity (Wildman–Crippen MR) is 74.0 cm³/mol. The van der Waals surface area contributed by atoms with Gasteiger partial charge in [-0.15, -0.1) is 0 Å². The van der Waals surface area contributed by atoms with Gasteiger partial charge in [0.1, 0.15) is 0 Å². The van der Waals surface area contributed by atoms with Gasteiger partial charge in [-0.05, 0) is 25.8 Å². The highest BCUT2D eigenvalue weighted by molar-refractivity contribution is 5.80. The van der Waals surface area contributed by atoms with Crippen LogP contribution in [0.1, 0.15) is 26.7 Å². The Morgan fingerprint density at radius 1 is 1.37 bits per heavy atom. The summed E-state index contributed by atoms with van der Waals surface area (Å²) in [6.45, 7) is 6.93. The van der Waals surface area contributed by atoms with Gasteiger partial charge in [0, 0.05) is 25.6 Å². The van der Waals surface area contributed by atoms with Gasteiger partial charge in [0.2, 0.25) is 11.8 Å². The molecule has 19 heavy (non-hydrogen) atoms. The Labute approximate surface area is 115 Å². The molecular weight excluding hydrogens is 244 g/mol. The monoisotopic (exact) mass is 270 g/mol. The fourth-order valence-corrected chi connectivity index (χ4v) is 2.53. The van der Waals surface area contributed by atoms with E-state index in [-0.39, 0.29) is 17.7 Å². The van der Waals surface area contributed by atoms with Crippen LogP contribution in [0.5, 0.6) is 0 Å². The Kier molecular flexibility index (Phi) is 6.24.